The average molecular weight is 345 g/mol. The first-order chi connectivity index (χ1) is 9.79. The summed E-state index contributed by atoms with van der Waals surface area (Å²) in [6, 6.07) is 10.0. The summed E-state index contributed by atoms with van der Waals surface area (Å²) in [5, 5.41) is 9.35. The van der Waals surface area contributed by atoms with Crippen molar-refractivity contribution in [1.82, 2.24) is 0 Å². The van der Waals surface area contributed by atoms with Gasteiger partial charge in [-0.05, 0) is 35.9 Å². The molecule has 0 saturated heterocycles. The van der Waals surface area contributed by atoms with Crippen molar-refractivity contribution < 1.29 is 18.3 Å². The molecule has 0 radical (unpaired) electrons. The minimum Gasteiger partial charge on any atom is -0.478 e. The predicted octanol–water partition coefficient (Wildman–Crippen LogP) is 3.67. The number of rotatable bonds is 4. The maximum absolute atomic E-state index is 12.4. The molecule has 0 aliphatic heterocycles. The van der Waals surface area contributed by atoms with E-state index in [1.54, 1.807) is 18.2 Å². The van der Waals surface area contributed by atoms with Crippen molar-refractivity contribution in [2.75, 3.05) is 0 Å². The van der Waals surface area contributed by atoms with Crippen LogP contribution in [0.25, 0.3) is 0 Å². The van der Waals surface area contributed by atoms with E-state index >= 15 is 0 Å². The van der Waals surface area contributed by atoms with Crippen LogP contribution in [0.1, 0.15) is 15.9 Å². The Balaban J connectivity index is 2.44. The highest BCUT2D eigenvalue weighted by molar-refractivity contribution is 7.90. The van der Waals surface area contributed by atoms with Gasteiger partial charge in [0.25, 0.3) is 0 Å². The molecule has 0 unspecified atom stereocenters. The van der Waals surface area contributed by atoms with Crippen LogP contribution in [0.4, 0.5) is 0 Å². The SMILES string of the molecule is O=C(O)c1ccc(Cl)c(S(=O)(=O)Cc2cccc(Cl)c2)c1. The average Bonchev–Trinajstić information content (AvgIpc) is 2.38. The molecular formula is C14H10Cl2O4S. The molecule has 2 rings (SSSR count). The molecule has 21 heavy (non-hydrogen) atoms. The van der Waals surface area contributed by atoms with Crippen LogP contribution in [0.15, 0.2) is 47.4 Å². The number of carbonyl (C=O) groups is 1. The fourth-order valence-electron chi connectivity index (χ4n) is 1.80. The number of carboxylic acid groups (broad SMARTS) is 1. The zero-order valence-corrected chi connectivity index (χ0v) is 12.9. The van der Waals surface area contributed by atoms with E-state index in [2.05, 4.69) is 0 Å². The molecule has 110 valence electrons. The lowest BCUT2D eigenvalue weighted by molar-refractivity contribution is 0.0696. The van der Waals surface area contributed by atoms with Crippen LogP contribution in [0.2, 0.25) is 10.0 Å². The Morgan fingerprint density at radius 1 is 1.10 bits per heavy atom. The number of hydrogen-bond acceptors (Lipinski definition) is 3. The maximum Gasteiger partial charge on any atom is 0.335 e. The van der Waals surface area contributed by atoms with Crippen molar-refractivity contribution in [3.8, 4) is 0 Å². The summed E-state index contributed by atoms with van der Waals surface area (Å²) in [6.45, 7) is 0. The van der Waals surface area contributed by atoms with Crippen LogP contribution in [0, 0.1) is 0 Å². The number of carboxylic acids is 1. The molecule has 2 aromatic rings. The third-order valence-corrected chi connectivity index (χ3v) is 5.16. The fraction of sp³-hybridized carbons (Fsp3) is 0.0714. The Bertz CT molecular complexity index is 800. The highest BCUT2D eigenvalue weighted by atomic mass is 35.5. The maximum atomic E-state index is 12.4. The van der Waals surface area contributed by atoms with Gasteiger partial charge < -0.3 is 5.11 Å². The molecule has 7 heteroatoms. The van der Waals surface area contributed by atoms with Gasteiger partial charge in [0.05, 0.1) is 21.2 Å². The summed E-state index contributed by atoms with van der Waals surface area (Å²) in [6.07, 6.45) is 0. The van der Waals surface area contributed by atoms with E-state index < -0.39 is 15.8 Å². The van der Waals surface area contributed by atoms with Gasteiger partial charge in [0.15, 0.2) is 9.84 Å². The number of hydrogen-bond donors (Lipinski definition) is 1. The van der Waals surface area contributed by atoms with Crippen LogP contribution in [-0.4, -0.2) is 19.5 Å². The van der Waals surface area contributed by atoms with Gasteiger partial charge in [0.2, 0.25) is 0 Å². The summed E-state index contributed by atoms with van der Waals surface area (Å²) >= 11 is 11.7. The standard InChI is InChI=1S/C14H10Cl2O4S/c15-11-3-1-2-9(6-11)8-21(19,20)13-7-10(14(17)18)4-5-12(13)16/h1-7H,8H2,(H,17,18). The molecule has 0 spiro atoms. The van der Waals surface area contributed by atoms with Gasteiger partial charge in [-0.2, -0.15) is 0 Å². The largest absolute Gasteiger partial charge is 0.478 e. The van der Waals surface area contributed by atoms with Gasteiger partial charge in [-0.3, -0.25) is 0 Å². The second kappa shape index (κ2) is 6.05. The van der Waals surface area contributed by atoms with E-state index in [9.17, 15) is 13.2 Å². The van der Waals surface area contributed by atoms with Crippen LogP contribution >= 0.6 is 23.2 Å². The van der Waals surface area contributed by atoms with Gasteiger partial charge in [-0.15, -0.1) is 0 Å². The van der Waals surface area contributed by atoms with E-state index in [0.717, 1.165) is 6.07 Å². The molecule has 2 aromatic carbocycles. The second-order valence-corrected chi connectivity index (χ2v) is 7.14. The van der Waals surface area contributed by atoms with Crippen molar-refractivity contribution in [1.29, 1.82) is 0 Å². The lowest BCUT2D eigenvalue weighted by atomic mass is 10.2. The van der Waals surface area contributed by atoms with Gasteiger partial charge in [-0.1, -0.05) is 35.3 Å². The van der Waals surface area contributed by atoms with Gasteiger partial charge in [0.1, 0.15) is 0 Å². The Hall–Kier alpha value is -1.56. The lowest BCUT2D eigenvalue weighted by Gasteiger charge is -2.08. The van der Waals surface area contributed by atoms with E-state index in [1.165, 1.54) is 18.2 Å². The smallest absolute Gasteiger partial charge is 0.335 e. The van der Waals surface area contributed by atoms with Crippen molar-refractivity contribution >= 4 is 39.0 Å². The molecule has 0 bridgehead atoms. The summed E-state index contributed by atoms with van der Waals surface area (Å²) in [5.41, 5.74) is 0.364. The summed E-state index contributed by atoms with van der Waals surface area (Å²) in [4.78, 5) is 10.7. The Labute approximate surface area is 131 Å². The highest BCUT2D eigenvalue weighted by Gasteiger charge is 2.21. The summed E-state index contributed by atoms with van der Waals surface area (Å²) in [5.74, 6) is -1.53. The molecule has 1 N–H and O–H groups in total. The Morgan fingerprint density at radius 2 is 1.81 bits per heavy atom. The molecular weight excluding hydrogens is 335 g/mol. The first kappa shape index (κ1) is 15.8. The van der Waals surface area contributed by atoms with E-state index in [4.69, 9.17) is 28.3 Å². The highest BCUT2D eigenvalue weighted by Crippen LogP contribution is 2.26. The first-order valence-electron chi connectivity index (χ1n) is 5.79. The van der Waals surface area contributed by atoms with E-state index in [0.29, 0.717) is 10.6 Å². The number of aromatic carboxylic acids is 1. The van der Waals surface area contributed by atoms with Crippen LogP contribution < -0.4 is 0 Å². The summed E-state index contributed by atoms with van der Waals surface area (Å²) in [7, 11) is -3.77. The number of benzene rings is 2. The van der Waals surface area contributed by atoms with Crippen LogP contribution in [0.3, 0.4) is 0 Å². The first-order valence-corrected chi connectivity index (χ1v) is 8.20. The van der Waals surface area contributed by atoms with Gasteiger partial charge in [0, 0.05) is 5.02 Å². The van der Waals surface area contributed by atoms with Crippen LogP contribution in [-0.2, 0) is 15.6 Å². The molecule has 0 fully saturated rings. The third kappa shape index (κ3) is 3.75. The predicted molar refractivity (Wildman–Crippen MR) is 80.8 cm³/mol. The second-order valence-electron chi connectivity index (χ2n) is 4.34. The van der Waals surface area contributed by atoms with Crippen LogP contribution in [0.5, 0.6) is 0 Å². The fourth-order valence-corrected chi connectivity index (χ4v) is 3.93. The Morgan fingerprint density at radius 3 is 2.43 bits per heavy atom. The van der Waals surface area contributed by atoms with Crippen molar-refractivity contribution in [2.24, 2.45) is 0 Å². The quantitative estimate of drug-likeness (QED) is 0.918. The molecule has 0 heterocycles. The zero-order valence-electron chi connectivity index (χ0n) is 10.6. The van der Waals surface area contributed by atoms with Gasteiger partial charge in [-0.25, -0.2) is 13.2 Å². The summed E-state index contributed by atoms with van der Waals surface area (Å²) < 4.78 is 24.8. The van der Waals surface area contributed by atoms with Crippen molar-refractivity contribution in [2.45, 2.75) is 10.6 Å². The topological polar surface area (TPSA) is 71.4 Å². The van der Waals surface area contributed by atoms with E-state index in [1.807, 2.05) is 0 Å². The molecule has 4 nitrogen and oxygen atoms in total. The van der Waals surface area contributed by atoms with Gasteiger partial charge >= 0.3 is 5.97 Å². The lowest BCUT2D eigenvalue weighted by Crippen LogP contribution is -2.07. The molecule has 0 aromatic heterocycles. The van der Waals surface area contributed by atoms with Crippen molar-refractivity contribution in [3.63, 3.8) is 0 Å². The Kier molecular flexibility index (Phi) is 4.56. The number of halogens is 2. The third-order valence-electron chi connectivity index (χ3n) is 2.76. The minimum absolute atomic E-state index is 0.0120. The normalized spacial score (nSPS) is 11.3. The monoisotopic (exact) mass is 344 g/mol. The molecule has 0 aliphatic rings. The zero-order chi connectivity index (χ0) is 15.6. The molecule has 0 amide bonds. The number of sulfone groups is 1. The van der Waals surface area contributed by atoms with E-state index in [-0.39, 0.29) is 21.2 Å². The molecule has 0 saturated carbocycles. The molecule has 0 aliphatic carbocycles. The van der Waals surface area contributed by atoms with Crippen molar-refractivity contribution in [3.05, 3.63) is 63.6 Å². The minimum atomic E-state index is -3.77. The molecule has 0 atom stereocenters.